The predicted molar refractivity (Wildman–Crippen MR) is 104 cm³/mol. The maximum atomic E-state index is 12.0. The molecule has 6 nitrogen and oxygen atoms in total. The number of aromatic nitrogens is 2. The third-order valence-corrected chi connectivity index (χ3v) is 6.60. The Kier molecular flexibility index (Phi) is 5.72. The topological polar surface area (TPSA) is 78.3 Å². The van der Waals surface area contributed by atoms with Crippen molar-refractivity contribution in [1.29, 1.82) is 0 Å². The molecule has 2 aromatic rings. The van der Waals surface area contributed by atoms with Crippen molar-refractivity contribution in [2.24, 2.45) is 0 Å². The van der Waals surface area contributed by atoms with E-state index in [0.717, 1.165) is 11.1 Å². The average molecular weight is 409 g/mol. The first-order valence-electron chi connectivity index (χ1n) is 8.60. The summed E-state index contributed by atoms with van der Waals surface area (Å²) in [6, 6.07) is 7.47. The Labute approximate surface area is 163 Å². The molecule has 3 rings (SSSR count). The molecule has 0 aliphatic carbocycles. The van der Waals surface area contributed by atoms with Gasteiger partial charge >= 0.3 is 5.97 Å². The second-order valence-electron chi connectivity index (χ2n) is 6.72. The number of ether oxygens (including phenoxy) is 1. The monoisotopic (exact) mass is 408 g/mol. The lowest BCUT2D eigenvalue weighted by Gasteiger charge is -2.09. The molecule has 0 saturated carbocycles. The molecule has 2 heterocycles. The maximum Gasteiger partial charge on any atom is 0.331 e. The first kappa shape index (κ1) is 19.6. The number of benzene rings is 1. The van der Waals surface area contributed by atoms with Crippen molar-refractivity contribution in [1.82, 2.24) is 9.78 Å². The van der Waals surface area contributed by atoms with E-state index in [9.17, 15) is 13.2 Å². The van der Waals surface area contributed by atoms with Crippen molar-refractivity contribution in [2.75, 3.05) is 11.5 Å². The van der Waals surface area contributed by atoms with Crippen LogP contribution in [0.4, 0.5) is 0 Å². The third kappa shape index (κ3) is 4.78. The summed E-state index contributed by atoms with van der Waals surface area (Å²) in [7, 11) is -3.04. The van der Waals surface area contributed by atoms with Gasteiger partial charge in [-0.3, -0.25) is 0 Å². The van der Waals surface area contributed by atoms with Crippen molar-refractivity contribution < 1.29 is 17.9 Å². The number of aryl methyl sites for hydroxylation is 2. The van der Waals surface area contributed by atoms with Crippen LogP contribution in [-0.2, 0) is 26.0 Å². The van der Waals surface area contributed by atoms with Crippen LogP contribution in [0.15, 0.2) is 30.3 Å². The summed E-state index contributed by atoms with van der Waals surface area (Å²) in [5.74, 6) is -0.304. The van der Waals surface area contributed by atoms with Crippen LogP contribution in [0.1, 0.15) is 34.8 Å². The summed E-state index contributed by atoms with van der Waals surface area (Å²) < 4.78 is 30.1. The van der Waals surface area contributed by atoms with Gasteiger partial charge in [0.25, 0.3) is 0 Å². The summed E-state index contributed by atoms with van der Waals surface area (Å²) >= 11 is 6.38. The van der Waals surface area contributed by atoms with E-state index in [1.54, 1.807) is 17.7 Å². The fraction of sp³-hybridized carbons (Fsp3) is 0.368. The number of carbonyl (C=O) groups is 1. The van der Waals surface area contributed by atoms with Gasteiger partial charge in [0.15, 0.2) is 9.84 Å². The molecule has 1 aromatic heterocycles. The zero-order valence-corrected chi connectivity index (χ0v) is 16.8. The van der Waals surface area contributed by atoms with E-state index in [4.69, 9.17) is 16.3 Å². The molecule has 144 valence electrons. The van der Waals surface area contributed by atoms with E-state index >= 15 is 0 Å². The minimum atomic E-state index is -3.04. The Bertz CT molecular complexity index is 995. The van der Waals surface area contributed by atoms with E-state index in [-0.39, 0.29) is 24.2 Å². The summed E-state index contributed by atoms with van der Waals surface area (Å²) in [6.07, 6.45) is 3.36. The molecule has 1 fully saturated rings. The molecule has 1 aliphatic heterocycles. The van der Waals surface area contributed by atoms with Crippen molar-refractivity contribution >= 4 is 33.5 Å². The molecule has 8 heteroatoms. The van der Waals surface area contributed by atoms with Gasteiger partial charge in [-0.05, 0) is 31.9 Å². The highest BCUT2D eigenvalue weighted by Gasteiger charge is 2.31. The van der Waals surface area contributed by atoms with Gasteiger partial charge in [-0.1, -0.05) is 41.4 Å². The number of sulfone groups is 1. The number of esters is 1. The van der Waals surface area contributed by atoms with E-state index in [1.165, 1.54) is 6.08 Å². The summed E-state index contributed by atoms with van der Waals surface area (Å²) in [6.45, 7) is 3.93. The van der Waals surface area contributed by atoms with Gasteiger partial charge in [0.2, 0.25) is 0 Å². The Morgan fingerprint density at radius 1 is 1.41 bits per heavy atom. The first-order chi connectivity index (χ1) is 12.7. The lowest BCUT2D eigenvalue weighted by atomic mass is 10.1. The molecule has 0 radical (unpaired) electrons. The highest BCUT2D eigenvalue weighted by Crippen LogP contribution is 2.30. The largest absolute Gasteiger partial charge is 0.458 e. The van der Waals surface area contributed by atoms with E-state index in [0.29, 0.717) is 22.8 Å². The van der Waals surface area contributed by atoms with Gasteiger partial charge in [-0.15, -0.1) is 0 Å². The molecule has 0 bridgehead atoms. The quantitative estimate of drug-likeness (QED) is 0.560. The summed E-state index contributed by atoms with van der Waals surface area (Å²) in [5.41, 5.74) is 3.24. The van der Waals surface area contributed by atoms with E-state index in [2.05, 4.69) is 5.10 Å². The molecule has 1 saturated heterocycles. The molecule has 0 N–H and O–H groups in total. The summed E-state index contributed by atoms with van der Waals surface area (Å²) in [5, 5.41) is 4.69. The van der Waals surface area contributed by atoms with Crippen LogP contribution in [0.3, 0.4) is 0 Å². The zero-order chi connectivity index (χ0) is 19.6. The highest BCUT2D eigenvalue weighted by atomic mass is 35.5. The lowest BCUT2D eigenvalue weighted by molar-refractivity contribution is -0.138. The smallest absolute Gasteiger partial charge is 0.331 e. The molecular formula is C19H21ClN2O4S. The van der Waals surface area contributed by atoms with E-state index < -0.39 is 15.8 Å². The number of rotatable bonds is 5. The number of halogens is 1. The highest BCUT2D eigenvalue weighted by molar-refractivity contribution is 7.91. The number of hydrogen-bond acceptors (Lipinski definition) is 5. The second-order valence-corrected chi connectivity index (χ2v) is 9.31. The minimum Gasteiger partial charge on any atom is -0.458 e. The molecule has 0 spiro atoms. The molecule has 1 atom stereocenters. The number of nitrogens with zero attached hydrogens (tertiary/aromatic N) is 2. The van der Waals surface area contributed by atoms with Crippen molar-refractivity contribution in [3.05, 3.63) is 57.9 Å². The van der Waals surface area contributed by atoms with Crippen LogP contribution < -0.4 is 0 Å². The van der Waals surface area contributed by atoms with Gasteiger partial charge < -0.3 is 4.74 Å². The predicted octanol–water partition coefficient (Wildman–Crippen LogP) is 3.27. The van der Waals surface area contributed by atoms with Gasteiger partial charge in [0.1, 0.15) is 11.8 Å². The summed E-state index contributed by atoms with van der Waals surface area (Å²) in [4.78, 5) is 12.0. The Hall–Kier alpha value is -2.12. The first-order valence-corrected chi connectivity index (χ1v) is 10.8. The normalized spacial score (nSPS) is 18.9. The van der Waals surface area contributed by atoms with Crippen LogP contribution in [0, 0.1) is 13.8 Å². The SMILES string of the molecule is Cc1cccc(COC(=O)/C=C/c2c(C)nn([C@@H]3CCS(=O)(=O)C3)c2Cl)c1. The fourth-order valence-electron chi connectivity index (χ4n) is 3.09. The fourth-order valence-corrected chi connectivity index (χ4v) is 5.16. The van der Waals surface area contributed by atoms with Crippen molar-refractivity contribution in [3.8, 4) is 0 Å². The molecular weight excluding hydrogens is 388 g/mol. The Morgan fingerprint density at radius 2 is 2.19 bits per heavy atom. The van der Waals surface area contributed by atoms with Crippen LogP contribution >= 0.6 is 11.6 Å². The Morgan fingerprint density at radius 3 is 2.85 bits per heavy atom. The molecule has 27 heavy (non-hydrogen) atoms. The van der Waals surface area contributed by atoms with Crippen LogP contribution in [0.5, 0.6) is 0 Å². The van der Waals surface area contributed by atoms with Crippen LogP contribution in [0.25, 0.3) is 6.08 Å². The maximum absolute atomic E-state index is 12.0. The van der Waals surface area contributed by atoms with E-state index in [1.807, 2.05) is 31.2 Å². The molecule has 0 unspecified atom stereocenters. The van der Waals surface area contributed by atoms with Crippen molar-refractivity contribution in [2.45, 2.75) is 32.9 Å². The van der Waals surface area contributed by atoms with Crippen LogP contribution in [0.2, 0.25) is 5.15 Å². The molecule has 0 amide bonds. The number of carbonyl (C=O) groups excluding carboxylic acids is 1. The number of hydrogen-bond donors (Lipinski definition) is 0. The van der Waals surface area contributed by atoms with Gasteiger partial charge in [-0.25, -0.2) is 17.9 Å². The third-order valence-electron chi connectivity index (χ3n) is 4.47. The molecule has 1 aromatic carbocycles. The molecule has 1 aliphatic rings. The second kappa shape index (κ2) is 7.86. The zero-order valence-electron chi connectivity index (χ0n) is 15.2. The van der Waals surface area contributed by atoms with Gasteiger partial charge in [-0.2, -0.15) is 5.10 Å². The van der Waals surface area contributed by atoms with Gasteiger partial charge in [0.05, 0.1) is 23.2 Å². The standard InChI is InChI=1S/C19H21ClN2O4S/c1-13-4-3-5-15(10-13)11-26-18(23)7-6-17-14(2)21-22(19(17)20)16-8-9-27(24,25)12-16/h3-7,10,16H,8-9,11-12H2,1-2H3/b7-6+/t16-/m1/s1. The Balaban J connectivity index is 1.67. The average Bonchev–Trinajstić information content (AvgIpc) is 3.10. The van der Waals surface area contributed by atoms with Crippen LogP contribution in [-0.4, -0.2) is 35.7 Å². The minimum absolute atomic E-state index is 0.0372. The van der Waals surface area contributed by atoms with Crippen molar-refractivity contribution in [3.63, 3.8) is 0 Å². The lowest BCUT2D eigenvalue weighted by Crippen LogP contribution is -2.12. The van der Waals surface area contributed by atoms with Gasteiger partial charge in [0, 0.05) is 11.6 Å².